The Labute approximate surface area is 180 Å². The molecule has 0 saturated heterocycles. The summed E-state index contributed by atoms with van der Waals surface area (Å²) in [6, 6.07) is 6.76. The van der Waals surface area contributed by atoms with Crippen molar-refractivity contribution >= 4 is 22.8 Å². The Morgan fingerprint density at radius 3 is 2.71 bits per heavy atom. The van der Waals surface area contributed by atoms with Gasteiger partial charge in [0.15, 0.2) is 5.54 Å². The fourth-order valence-electron chi connectivity index (χ4n) is 4.07. The number of hydrogen-bond acceptors (Lipinski definition) is 5. The van der Waals surface area contributed by atoms with Crippen LogP contribution in [0, 0.1) is 11.3 Å². The van der Waals surface area contributed by atoms with Crippen molar-refractivity contribution in [2.75, 3.05) is 0 Å². The van der Waals surface area contributed by atoms with Gasteiger partial charge in [0.1, 0.15) is 17.3 Å². The lowest BCUT2D eigenvalue weighted by Gasteiger charge is -2.28. The molecule has 2 amide bonds. The molecule has 162 valence electrons. The molecule has 2 atom stereocenters. The molecule has 1 heterocycles. The lowest BCUT2D eigenvalue weighted by molar-refractivity contribution is -0.125. The van der Waals surface area contributed by atoms with Crippen molar-refractivity contribution in [1.82, 2.24) is 15.6 Å². The van der Waals surface area contributed by atoms with Crippen molar-refractivity contribution in [3.05, 3.63) is 41.7 Å². The van der Waals surface area contributed by atoms with Crippen LogP contribution >= 0.6 is 0 Å². The fourth-order valence-corrected chi connectivity index (χ4v) is 4.07. The first-order valence-electron chi connectivity index (χ1n) is 10.3. The van der Waals surface area contributed by atoms with Crippen LogP contribution in [0.15, 0.2) is 30.6 Å². The number of ether oxygens (including phenoxy) is 1. The maximum absolute atomic E-state index is 14.5. The highest BCUT2D eigenvalue weighted by atomic mass is 19.1. The van der Waals surface area contributed by atoms with Crippen LogP contribution in [0.3, 0.4) is 0 Å². The van der Waals surface area contributed by atoms with Gasteiger partial charge in [-0.3, -0.25) is 9.78 Å². The number of alkyl carbamates (subject to hydrolysis) is 1. The zero-order valence-electron chi connectivity index (χ0n) is 17.8. The Morgan fingerprint density at radius 2 is 2.06 bits per heavy atom. The van der Waals surface area contributed by atoms with Gasteiger partial charge in [0.05, 0.1) is 6.07 Å². The van der Waals surface area contributed by atoms with E-state index in [-0.39, 0.29) is 12.8 Å². The fraction of sp³-hybridized carbons (Fsp3) is 0.478. The van der Waals surface area contributed by atoms with Crippen molar-refractivity contribution < 1.29 is 18.7 Å². The monoisotopic (exact) mass is 424 g/mol. The molecule has 31 heavy (non-hydrogen) atoms. The van der Waals surface area contributed by atoms with Gasteiger partial charge in [0, 0.05) is 36.2 Å². The highest BCUT2D eigenvalue weighted by Crippen LogP contribution is 2.44. The smallest absolute Gasteiger partial charge is 0.408 e. The molecule has 2 aliphatic rings. The largest absolute Gasteiger partial charge is 0.444 e. The third-order valence-corrected chi connectivity index (χ3v) is 5.68. The van der Waals surface area contributed by atoms with E-state index >= 15 is 0 Å². The first-order chi connectivity index (χ1) is 14.5. The SMILES string of the molecule is CC(C)(C)OC(=O)N[C@@H](CC1(F)CC1)C(=O)NC1(C#N)Cc2cccc3cncc1c23. The van der Waals surface area contributed by atoms with Crippen LogP contribution in [0.4, 0.5) is 9.18 Å². The molecule has 1 fully saturated rings. The third-order valence-electron chi connectivity index (χ3n) is 5.68. The number of rotatable bonds is 5. The van der Waals surface area contributed by atoms with Crippen molar-refractivity contribution in [1.29, 1.82) is 5.26 Å². The molecular formula is C23H25FN4O3. The van der Waals surface area contributed by atoms with Crippen LogP contribution in [0.1, 0.15) is 51.2 Å². The molecule has 4 rings (SSSR count). The number of alkyl halides is 1. The summed E-state index contributed by atoms with van der Waals surface area (Å²) in [5, 5.41) is 17.1. The second-order valence-corrected chi connectivity index (χ2v) is 9.44. The highest BCUT2D eigenvalue weighted by molar-refractivity contribution is 5.94. The van der Waals surface area contributed by atoms with E-state index < -0.39 is 34.9 Å². The van der Waals surface area contributed by atoms with Gasteiger partial charge in [-0.25, -0.2) is 9.18 Å². The first-order valence-corrected chi connectivity index (χ1v) is 10.3. The van der Waals surface area contributed by atoms with Crippen LogP contribution in [0.25, 0.3) is 10.8 Å². The summed E-state index contributed by atoms with van der Waals surface area (Å²) in [7, 11) is 0. The van der Waals surface area contributed by atoms with E-state index in [1.807, 2.05) is 18.2 Å². The number of amides is 2. The maximum Gasteiger partial charge on any atom is 0.408 e. The van der Waals surface area contributed by atoms with E-state index in [4.69, 9.17) is 4.74 Å². The molecule has 1 aromatic heterocycles. The summed E-state index contributed by atoms with van der Waals surface area (Å²) in [5.41, 5.74) is -2.06. The molecule has 0 radical (unpaired) electrons. The second-order valence-electron chi connectivity index (χ2n) is 9.44. The molecule has 1 saturated carbocycles. The topological polar surface area (TPSA) is 104 Å². The highest BCUT2D eigenvalue weighted by Gasteiger charge is 2.49. The summed E-state index contributed by atoms with van der Waals surface area (Å²) < 4.78 is 19.8. The van der Waals surface area contributed by atoms with E-state index in [2.05, 4.69) is 21.7 Å². The average molecular weight is 424 g/mol. The number of carbonyl (C=O) groups excluding carboxylic acids is 2. The Morgan fingerprint density at radius 1 is 1.32 bits per heavy atom. The summed E-state index contributed by atoms with van der Waals surface area (Å²) in [6.45, 7) is 5.10. The molecular weight excluding hydrogens is 399 g/mol. The van der Waals surface area contributed by atoms with Crippen molar-refractivity contribution in [3.63, 3.8) is 0 Å². The van der Waals surface area contributed by atoms with Crippen molar-refractivity contribution in [3.8, 4) is 6.07 Å². The molecule has 1 unspecified atom stereocenters. The number of nitrogens with one attached hydrogen (secondary N) is 2. The van der Waals surface area contributed by atoms with Crippen LogP contribution in [0.5, 0.6) is 0 Å². The normalized spacial score (nSPS) is 21.8. The second kappa shape index (κ2) is 7.19. The molecule has 7 nitrogen and oxygen atoms in total. The Hall–Kier alpha value is -3.21. The summed E-state index contributed by atoms with van der Waals surface area (Å²) in [5.74, 6) is -0.624. The predicted molar refractivity (Wildman–Crippen MR) is 112 cm³/mol. The van der Waals surface area contributed by atoms with Crippen LogP contribution in [0.2, 0.25) is 0 Å². The van der Waals surface area contributed by atoms with E-state index in [1.165, 1.54) is 0 Å². The van der Waals surface area contributed by atoms with Crippen molar-refractivity contribution in [2.24, 2.45) is 0 Å². The minimum atomic E-state index is -1.49. The number of hydrogen-bond donors (Lipinski definition) is 2. The summed E-state index contributed by atoms with van der Waals surface area (Å²) >= 11 is 0. The Kier molecular flexibility index (Phi) is 4.88. The molecule has 2 aromatic rings. The number of nitriles is 1. The summed E-state index contributed by atoms with van der Waals surface area (Å²) in [4.78, 5) is 29.7. The molecule has 2 aliphatic carbocycles. The van der Waals surface area contributed by atoms with Gasteiger partial charge in [-0.1, -0.05) is 18.2 Å². The first kappa shape index (κ1) is 21.0. The number of benzene rings is 1. The molecule has 1 aromatic carbocycles. The van der Waals surface area contributed by atoms with E-state index in [0.29, 0.717) is 18.4 Å². The van der Waals surface area contributed by atoms with Gasteiger partial charge >= 0.3 is 6.09 Å². The van der Waals surface area contributed by atoms with Gasteiger partial charge in [-0.2, -0.15) is 5.26 Å². The van der Waals surface area contributed by atoms with Crippen molar-refractivity contribution in [2.45, 2.75) is 69.3 Å². The molecule has 0 bridgehead atoms. The number of nitrogens with zero attached hydrogens (tertiary/aromatic N) is 2. The lowest BCUT2D eigenvalue weighted by atomic mass is 9.92. The van der Waals surface area contributed by atoms with Crippen LogP contribution in [-0.4, -0.2) is 34.3 Å². The zero-order chi connectivity index (χ0) is 22.4. The predicted octanol–water partition coefficient (Wildman–Crippen LogP) is 3.41. The third kappa shape index (κ3) is 4.18. The number of halogens is 1. The van der Waals surface area contributed by atoms with Gasteiger partial charge in [-0.15, -0.1) is 0 Å². The summed E-state index contributed by atoms with van der Waals surface area (Å²) in [6.07, 6.45) is 3.26. The Bertz CT molecular complexity index is 1090. The number of aromatic nitrogens is 1. The Balaban J connectivity index is 1.60. The van der Waals surface area contributed by atoms with Crippen LogP contribution < -0.4 is 10.6 Å². The molecule has 0 aliphatic heterocycles. The maximum atomic E-state index is 14.5. The standard InChI is InChI=1S/C23H25FN4O3/c1-21(2,3)31-20(30)27-17(10-22(24)7-8-22)19(29)28-23(13-25)9-14-5-4-6-15-11-26-12-16(23)18(14)15/h4-6,11-12,17H,7-10H2,1-3H3,(H,27,30)(H,28,29)/t17-,23?/m0/s1. The number of pyridine rings is 1. The van der Waals surface area contributed by atoms with Gasteiger partial charge in [-0.05, 0) is 44.6 Å². The minimum absolute atomic E-state index is 0.172. The van der Waals surface area contributed by atoms with E-state index in [9.17, 15) is 19.2 Å². The molecule has 2 N–H and O–H groups in total. The van der Waals surface area contributed by atoms with E-state index in [0.717, 1.165) is 16.3 Å². The van der Waals surface area contributed by atoms with Crippen LogP contribution in [-0.2, 0) is 21.5 Å². The average Bonchev–Trinajstić information content (AvgIpc) is 3.32. The molecule has 8 heteroatoms. The van der Waals surface area contributed by atoms with Gasteiger partial charge in [0.25, 0.3) is 0 Å². The minimum Gasteiger partial charge on any atom is -0.444 e. The molecule has 0 spiro atoms. The van der Waals surface area contributed by atoms with E-state index in [1.54, 1.807) is 33.2 Å². The van der Waals surface area contributed by atoms with Gasteiger partial charge in [0.2, 0.25) is 5.91 Å². The quantitative estimate of drug-likeness (QED) is 0.765. The van der Waals surface area contributed by atoms with Gasteiger partial charge < -0.3 is 15.4 Å². The number of carbonyl (C=O) groups is 2. The lowest BCUT2D eigenvalue weighted by Crippen LogP contribution is -2.55. The zero-order valence-corrected chi connectivity index (χ0v) is 17.8.